The van der Waals surface area contributed by atoms with Crippen LogP contribution in [0.1, 0.15) is 23.6 Å². The van der Waals surface area contributed by atoms with Crippen molar-refractivity contribution in [3.63, 3.8) is 0 Å². The van der Waals surface area contributed by atoms with Gasteiger partial charge in [-0.25, -0.2) is 18.4 Å². The monoisotopic (exact) mass is 477 g/mol. The Balaban J connectivity index is 1.57. The molecule has 4 aromatic rings. The Hall–Kier alpha value is -3.96. The normalized spacial score (nSPS) is 15.8. The van der Waals surface area contributed by atoms with Gasteiger partial charge in [-0.3, -0.25) is 0 Å². The molecule has 0 amide bonds. The van der Waals surface area contributed by atoms with E-state index < -0.39 is 34.7 Å². The molecule has 2 aromatic heterocycles. The van der Waals surface area contributed by atoms with Gasteiger partial charge in [-0.2, -0.15) is 23.3 Å². The molecule has 0 aliphatic carbocycles. The number of phenols is 1. The van der Waals surface area contributed by atoms with E-state index in [1.807, 2.05) is 24.3 Å². The number of para-hydroxylation sites is 1. The van der Waals surface area contributed by atoms with Crippen LogP contribution in [0.2, 0.25) is 0 Å². The van der Waals surface area contributed by atoms with Gasteiger partial charge in [0.2, 0.25) is 5.95 Å². The summed E-state index contributed by atoms with van der Waals surface area (Å²) in [4.78, 5) is 8.60. The number of aryl methyl sites for hydroxylation is 1. The number of aromatic hydroxyl groups is 1. The van der Waals surface area contributed by atoms with Crippen LogP contribution in [0.3, 0.4) is 0 Å². The third-order valence-electron chi connectivity index (χ3n) is 5.58. The Morgan fingerprint density at radius 2 is 1.94 bits per heavy atom. The molecule has 1 aliphatic rings. The lowest BCUT2D eigenvalue weighted by Crippen LogP contribution is -2.21. The molecule has 0 saturated carbocycles. The lowest BCUT2D eigenvalue weighted by molar-refractivity contribution is -0.140. The largest absolute Gasteiger partial charge is 0.503 e. The molecule has 7 nitrogen and oxygen atoms in total. The molecule has 3 heterocycles. The van der Waals surface area contributed by atoms with Crippen LogP contribution in [-0.4, -0.2) is 31.5 Å². The van der Waals surface area contributed by atoms with E-state index in [0.717, 1.165) is 11.3 Å². The first-order chi connectivity index (χ1) is 16.1. The molecule has 0 fully saturated rings. The third kappa shape index (κ3) is 3.55. The van der Waals surface area contributed by atoms with E-state index in [-0.39, 0.29) is 34.8 Å². The fourth-order valence-corrected chi connectivity index (χ4v) is 3.96. The van der Waals surface area contributed by atoms with Crippen LogP contribution < -0.4 is 10.1 Å². The molecule has 0 radical (unpaired) electrons. The fraction of sp³-hybridized carbons (Fsp3) is 0.227. The highest BCUT2D eigenvalue weighted by molar-refractivity contribution is 5.91. The zero-order valence-electron chi connectivity index (χ0n) is 17.5. The number of anilines is 1. The zero-order valence-corrected chi connectivity index (χ0v) is 17.5. The summed E-state index contributed by atoms with van der Waals surface area (Å²) in [6, 6.07) is 7.63. The summed E-state index contributed by atoms with van der Waals surface area (Å²) in [5.74, 6) is -4.43. The Kier molecular flexibility index (Phi) is 5.03. The minimum absolute atomic E-state index is 0.124. The topological polar surface area (TPSA) is 85.1 Å². The Bertz CT molecular complexity index is 1420. The van der Waals surface area contributed by atoms with Crippen LogP contribution in [0.4, 0.5) is 27.9 Å². The van der Waals surface area contributed by atoms with Crippen molar-refractivity contribution in [2.24, 2.45) is 7.05 Å². The number of nitrogens with zero attached hydrogens (tertiary/aromatic N) is 4. The van der Waals surface area contributed by atoms with E-state index in [1.165, 1.54) is 17.9 Å². The van der Waals surface area contributed by atoms with Crippen molar-refractivity contribution in [2.45, 2.75) is 18.6 Å². The molecule has 176 valence electrons. The standard InChI is InChI=1S/C22H16F5N5O2/c1-32-20-12(18(31-32)11-8-13(22(25,26)27)17(24)19(33)16(11)23)9-28-21(30-20)29-14-6-7-34-15-5-3-2-4-10(14)15/h2-5,8-9,14,33H,6-7H2,1H3,(H,28,29,30). The van der Waals surface area contributed by atoms with Gasteiger partial charge in [0.25, 0.3) is 0 Å². The molecule has 0 spiro atoms. The highest BCUT2D eigenvalue weighted by Crippen LogP contribution is 2.41. The van der Waals surface area contributed by atoms with Crippen molar-refractivity contribution in [1.82, 2.24) is 19.7 Å². The average Bonchev–Trinajstić information content (AvgIpc) is 3.13. The highest BCUT2D eigenvalue weighted by atomic mass is 19.4. The van der Waals surface area contributed by atoms with E-state index in [9.17, 15) is 27.1 Å². The van der Waals surface area contributed by atoms with Gasteiger partial charge < -0.3 is 15.2 Å². The van der Waals surface area contributed by atoms with Crippen LogP contribution in [0.15, 0.2) is 36.5 Å². The first-order valence-electron chi connectivity index (χ1n) is 10.1. The van der Waals surface area contributed by atoms with Crippen LogP contribution in [0, 0.1) is 11.6 Å². The van der Waals surface area contributed by atoms with Gasteiger partial charge >= 0.3 is 6.18 Å². The van der Waals surface area contributed by atoms with Gasteiger partial charge in [0.05, 0.1) is 23.6 Å². The number of halogens is 5. The minimum atomic E-state index is -5.15. The van der Waals surface area contributed by atoms with Gasteiger partial charge in [-0.05, 0) is 12.1 Å². The van der Waals surface area contributed by atoms with Crippen molar-refractivity contribution in [3.8, 4) is 22.8 Å². The summed E-state index contributed by atoms with van der Waals surface area (Å²) in [6.45, 7) is 0.488. The van der Waals surface area contributed by atoms with Crippen LogP contribution in [0.5, 0.6) is 11.5 Å². The maximum Gasteiger partial charge on any atom is 0.419 e. The fourth-order valence-electron chi connectivity index (χ4n) is 3.96. The number of nitrogens with one attached hydrogen (secondary N) is 1. The molecule has 0 bridgehead atoms. The second-order valence-electron chi connectivity index (χ2n) is 7.72. The van der Waals surface area contributed by atoms with Crippen LogP contribution in [0.25, 0.3) is 22.3 Å². The summed E-state index contributed by atoms with van der Waals surface area (Å²) in [5.41, 5.74) is -1.67. The van der Waals surface area contributed by atoms with E-state index in [0.29, 0.717) is 13.0 Å². The Morgan fingerprint density at radius 1 is 1.18 bits per heavy atom. The SMILES string of the molecule is Cn1nc(-c2cc(C(F)(F)F)c(F)c(O)c2F)c2cnc(NC3CCOc4ccccc43)nc21. The summed E-state index contributed by atoms with van der Waals surface area (Å²) in [5, 5.41) is 17.0. The maximum atomic E-state index is 14.6. The van der Waals surface area contributed by atoms with E-state index in [2.05, 4.69) is 20.4 Å². The number of hydrogen-bond donors (Lipinski definition) is 2. The minimum Gasteiger partial charge on any atom is -0.503 e. The molecule has 5 rings (SSSR count). The summed E-state index contributed by atoms with van der Waals surface area (Å²) in [7, 11) is 1.47. The number of phenolic OH excluding ortho intramolecular Hbond substituents is 1. The second kappa shape index (κ2) is 7.82. The number of fused-ring (bicyclic) bond motifs is 2. The molecule has 1 unspecified atom stereocenters. The predicted octanol–water partition coefficient (Wildman–Crippen LogP) is 4.97. The van der Waals surface area contributed by atoms with E-state index in [1.54, 1.807) is 0 Å². The molecule has 1 aliphatic heterocycles. The number of hydrogen-bond acceptors (Lipinski definition) is 6. The Labute approximate surface area is 188 Å². The van der Waals surface area contributed by atoms with Crippen molar-refractivity contribution in [2.75, 3.05) is 11.9 Å². The van der Waals surface area contributed by atoms with Crippen LogP contribution >= 0.6 is 0 Å². The van der Waals surface area contributed by atoms with Crippen molar-refractivity contribution in [3.05, 3.63) is 59.3 Å². The van der Waals surface area contributed by atoms with Crippen molar-refractivity contribution < 1.29 is 31.8 Å². The van der Waals surface area contributed by atoms with Crippen LogP contribution in [-0.2, 0) is 13.2 Å². The number of ether oxygens (including phenoxy) is 1. The number of benzene rings is 2. The zero-order chi connectivity index (χ0) is 24.2. The molecule has 2 N–H and O–H groups in total. The highest BCUT2D eigenvalue weighted by Gasteiger charge is 2.38. The molecular formula is C22H16F5N5O2. The lowest BCUT2D eigenvalue weighted by atomic mass is 10.0. The van der Waals surface area contributed by atoms with Gasteiger partial charge in [0.1, 0.15) is 11.4 Å². The molecule has 2 aromatic carbocycles. The molecule has 34 heavy (non-hydrogen) atoms. The molecular weight excluding hydrogens is 461 g/mol. The van der Waals surface area contributed by atoms with E-state index >= 15 is 0 Å². The molecule has 0 saturated heterocycles. The maximum absolute atomic E-state index is 14.6. The second-order valence-corrected chi connectivity index (χ2v) is 7.72. The summed E-state index contributed by atoms with van der Waals surface area (Å²) >= 11 is 0. The number of alkyl halides is 3. The third-order valence-corrected chi connectivity index (χ3v) is 5.58. The number of aromatic nitrogens is 4. The predicted molar refractivity (Wildman–Crippen MR) is 111 cm³/mol. The van der Waals surface area contributed by atoms with Gasteiger partial charge in [0, 0.05) is 30.8 Å². The summed E-state index contributed by atoms with van der Waals surface area (Å²) in [6.07, 6.45) is -3.22. The Morgan fingerprint density at radius 3 is 2.71 bits per heavy atom. The van der Waals surface area contributed by atoms with Gasteiger partial charge in [-0.15, -0.1) is 0 Å². The van der Waals surface area contributed by atoms with Gasteiger partial charge in [0.15, 0.2) is 23.0 Å². The molecule has 12 heteroatoms. The van der Waals surface area contributed by atoms with Crippen molar-refractivity contribution in [1.29, 1.82) is 0 Å². The first-order valence-corrected chi connectivity index (χ1v) is 10.1. The number of rotatable bonds is 3. The van der Waals surface area contributed by atoms with E-state index in [4.69, 9.17) is 4.74 Å². The smallest absolute Gasteiger partial charge is 0.419 e. The average molecular weight is 477 g/mol. The quantitative estimate of drug-likeness (QED) is 0.406. The summed E-state index contributed by atoms with van der Waals surface area (Å²) < 4.78 is 75.0. The lowest BCUT2D eigenvalue weighted by Gasteiger charge is -2.26. The van der Waals surface area contributed by atoms with Gasteiger partial charge in [-0.1, -0.05) is 18.2 Å². The molecule has 1 atom stereocenters. The first kappa shape index (κ1) is 21.9. The van der Waals surface area contributed by atoms with Crippen molar-refractivity contribution >= 4 is 17.0 Å².